The number of aliphatic hydroxyl groups excluding tert-OH is 1. The molecule has 0 unspecified atom stereocenters. The Hall–Kier alpha value is -1.24. The minimum Gasteiger partial charge on any atom is -0.480 e. The Balaban J connectivity index is 2.01. The van der Waals surface area contributed by atoms with Crippen molar-refractivity contribution in [2.45, 2.75) is 95.3 Å². The summed E-state index contributed by atoms with van der Waals surface area (Å²) in [5, 5.41) is 18.2. The summed E-state index contributed by atoms with van der Waals surface area (Å²) in [5.74, 6) is -0.855. The number of epoxide rings is 1. The molecule has 1 fully saturated rings. The zero-order chi connectivity index (χ0) is 19.4. The molecular formula is C20H35NO5. The second-order valence-corrected chi connectivity index (χ2v) is 7.26. The molecule has 1 aliphatic rings. The molecule has 0 bridgehead atoms. The van der Waals surface area contributed by atoms with Gasteiger partial charge in [0.15, 0.2) is 5.54 Å². The van der Waals surface area contributed by atoms with Gasteiger partial charge < -0.3 is 20.7 Å². The molecule has 0 saturated carbocycles. The lowest BCUT2D eigenvalue weighted by Crippen LogP contribution is -2.56. The number of unbranched alkanes of at least 4 members (excludes halogenated alkanes) is 7. The van der Waals surface area contributed by atoms with Gasteiger partial charge in [0.1, 0.15) is 18.0 Å². The maximum absolute atomic E-state index is 11.7. The summed E-state index contributed by atoms with van der Waals surface area (Å²) in [5.41, 5.74) is 3.93. The number of aliphatic hydroxyl groups is 1. The average molecular weight is 370 g/mol. The zero-order valence-corrected chi connectivity index (χ0v) is 16.0. The Morgan fingerprint density at radius 1 is 1.08 bits per heavy atom. The number of Topliss-reactive ketones (excluding diaryl/α,β-unsaturated/α-hetero) is 1. The first kappa shape index (κ1) is 22.8. The molecule has 0 radical (unpaired) electrons. The molecule has 6 heteroatoms. The van der Waals surface area contributed by atoms with Gasteiger partial charge in [-0.25, -0.2) is 0 Å². The number of nitrogens with two attached hydrogens (primary N) is 1. The third kappa shape index (κ3) is 7.98. The van der Waals surface area contributed by atoms with E-state index in [9.17, 15) is 9.59 Å². The molecular weight excluding hydrogens is 334 g/mol. The van der Waals surface area contributed by atoms with Crippen molar-refractivity contribution in [3.63, 3.8) is 0 Å². The number of ketones is 1. The standard InChI is InChI=1S/C20H35NO5/c1-2-3-4-9-12-16(23)13-10-7-5-6-8-11-14-17-18(26-17)20(21,15-22)19(24)25/h11,14,17-18,22H,2-10,12-13,15,21H2,1H3,(H,24,25)/b14-11-/t17-,18+,20-/m1/s1. The van der Waals surface area contributed by atoms with Crippen LogP contribution < -0.4 is 5.73 Å². The normalized spacial score (nSPS) is 21.7. The van der Waals surface area contributed by atoms with Crippen LogP contribution in [0.1, 0.15) is 77.6 Å². The monoisotopic (exact) mass is 369 g/mol. The van der Waals surface area contributed by atoms with E-state index < -0.39 is 24.2 Å². The van der Waals surface area contributed by atoms with E-state index in [1.165, 1.54) is 12.8 Å². The molecule has 26 heavy (non-hydrogen) atoms. The lowest BCUT2D eigenvalue weighted by atomic mass is 9.95. The van der Waals surface area contributed by atoms with Crippen LogP contribution in [0.3, 0.4) is 0 Å². The summed E-state index contributed by atoms with van der Waals surface area (Å²) in [6.07, 6.45) is 13.9. The molecule has 150 valence electrons. The van der Waals surface area contributed by atoms with Crippen LogP contribution in [0.4, 0.5) is 0 Å². The molecule has 0 aromatic carbocycles. The van der Waals surface area contributed by atoms with Crippen molar-refractivity contribution in [3.8, 4) is 0 Å². The van der Waals surface area contributed by atoms with Crippen molar-refractivity contribution < 1.29 is 24.5 Å². The van der Waals surface area contributed by atoms with Crippen molar-refractivity contribution in [1.29, 1.82) is 0 Å². The molecule has 1 saturated heterocycles. The smallest absolute Gasteiger partial charge is 0.328 e. The second kappa shape index (κ2) is 12.2. The Morgan fingerprint density at radius 2 is 1.69 bits per heavy atom. The van der Waals surface area contributed by atoms with Gasteiger partial charge in [0.2, 0.25) is 0 Å². The highest BCUT2D eigenvalue weighted by Crippen LogP contribution is 2.32. The van der Waals surface area contributed by atoms with Crippen LogP contribution in [0.5, 0.6) is 0 Å². The van der Waals surface area contributed by atoms with E-state index in [-0.39, 0.29) is 6.10 Å². The number of hydrogen-bond acceptors (Lipinski definition) is 5. The first-order valence-electron chi connectivity index (χ1n) is 9.92. The van der Waals surface area contributed by atoms with Gasteiger partial charge in [-0.3, -0.25) is 9.59 Å². The highest BCUT2D eigenvalue weighted by Gasteiger charge is 2.56. The van der Waals surface area contributed by atoms with Crippen LogP contribution >= 0.6 is 0 Å². The Labute approximate surface area is 156 Å². The van der Waals surface area contributed by atoms with Crippen molar-refractivity contribution in [1.82, 2.24) is 0 Å². The maximum Gasteiger partial charge on any atom is 0.328 e. The minimum absolute atomic E-state index is 0.325. The summed E-state index contributed by atoms with van der Waals surface area (Å²) >= 11 is 0. The molecule has 0 amide bonds. The van der Waals surface area contributed by atoms with Crippen LogP contribution in [0.2, 0.25) is 0 Å². The summed E-state index contributed by atoms with van der Waals surface area (Å²) in [6.45, 7) is 1.53. The molecule has 3 atom stereocenters. The van der Waals surface area contributed by atoms with Gasteiger partial charge in [-0.05, 0) is 25.7 Å². The number of ether oxygens (including phenoxy) is 1. The van der Waals surface area contributed by atoms with Crippen molar-refractivity contribution in [3.05, 3.63) is 12.2 Å². The maximum atomic E-state index is 11.7. The number of rotatable bonds is 16. The van der Waals surface area contributed by atoms with Gasteiger partial charge in [-0.2, -0.15) is 0 Å². The van der Waals surface area contributed by atoms with Gasteiger partial charge in [-0.1, -0.05) is 51.2 Å². The Morgan fingerprint density at radius 3 is 2.27 bits per heavy atom. The quantitative estimate of drug-likeness (QED) is 0.219. The molecule has 4 N–H and O–H groups in total. The topological polar surface area (TPSA) is 113 Å². The number of hydrogen-bond donors (Lipinski definition) is 3. The van der Waals surface area contributed by atoms with Crippen molar-refractivity contribution in [2.75, 3.05) is 6.61 Å². The average Bonchev–Trinajstić information content (AvgIpc) is 3.40. The third-order valence-electron chi connectivity index (χ3n) is 4.90. The lowest BCUT2D eigenvalue weighted by molar-refractivity contribution is -0.145. The van der Waals surface area contributed by atoms with Gasteiger partial charge in [0.05, 0.1) is 6.61 Å². The van der Waals surface area contributed by atoms with Gasteiger partial charge in [-0.15, -0.1) is 0 Å². The van der Waals surface area contributed by atoms with E-state index in [1.807, 2.05) is 12.2 Å². The van der Waals surface area contributed by atoms with Gasteiger partial charge in [0.25, 0.3) is 0 Å². The van der Waals surface area contributed by atoms with Crippen molar-refractivity contribution in [2.24, 2.45) is 5.73 Å². The van der Waals surface area contributed by atoms with Crippen LogP contribution in [0, 0.1) is 0 Å². The van der Waals surface area contributed by atoms with Crippen LogP contribution in [0.15, 0.2) is 12.2 Å². The largest absolute Gasteiger partial charge is 0.480 e. The fourth-order valence-corrected chi connectivity index (χ4v) is 3.01. The number of aliphatic carboxylic acids is 1. The Bertz CT molecular complexity index is 465. The summed E-state index contributed by atoms with van der Waals surface area (Å²) in [4.78, 5) is 22.8. The highest BCUT2D eigenvalue weighted by atomic mass is 16.6. The summed E-state index contributed by atoms with van der Waals surface area (Å²) in [6, 6.07) is 0. The van der Waals surface area contributed by atoms with E-state index >= 15 is 0 Å². The number of carboxylic acids is 1. The molecule has 1 rings (SSSR count). The number of carbonyl (C=O) groups excluding carboxylic acids is 1. The Kier molecular flexibility index (Phi) is 10.7. The molecule has 0 spiro atoms. The zero-order valence-electron chi connectivity index (χ0n) is 16.0. The van der Waals surface area contributed by atoms with E-state index in [1.54, 1.807) is 0 Å². The number of carbonyl (C=O) groups is 2. The lowest BCUT2D eigenvalue weighted by Gasteiger charge is -2.18. The van der Waals surface area contributed by atoms with Gasteiger partial charge in [0, 0.05) is 12.8 Å². The molecule has 1 aliphatic heterocycles. The highest BCUT2D eigenvalue weighted by molar-refractivity contribution is 5.80. The van der Waals surface area contributed by atoms with Gasteiger partial charge >= 0.3 is 5.97 Å². The van der Waals surface area contributed by atoms with E-state index in [2.05, 4.69) is 6.92 Å². The molecule has 0 aromatic heterocycles. The first-order valence-corrected chi connectivity index (χ1v) is 9.92. The predicted molar refractivity (Wildman–Crippen MR) is 101 cm³/mol. The van der Waals surface area contributed by atoms with Crippen LogP contribution in [-0.4, -0.2) is 46.3 Å². The van der Waals surface area contributed by atoms with Crippen molar-refractivity contribution >= 4 is 11.8 Å². The third-order valence-corrected chi connectivity index (χ3v) is 4.90. The molecule has 0 aromatic rings. The fraction of sp³-hybridized carbons (Fsp3) is 0.800. The molecule has 6 nitrogen and oxygen atoms in total. The number of carboxylic acid groups (broad SMARTS) is 1. The second-order valence-electron chi connectivity index (χ2n) is 7.26. The van der Waals surface area contributed by atoms with E-state index in [4.69, 9.17) is 20.7 Å². The first-order chi connectivity index (χ1) is 12.5. The van der Waals surface area contributed by atoms with E-state index in [0.717, 1.165) is 51.4 Å². The van der Waals surface area contributed by atoms with Crippen LogP contribution in [-0.2, 0) is 14.3 Å². The predicted octanol–water partition coefficient (Wildman–Crippen LogP) is 2.96. The van der Waals surface area contributed by atoms with E-state index in [0.29, 0.717) is 12.2 Å². The molecule has 1 heterocycles. The number of allylic oxidation sites excluding steroid dienone is 1. The minimum atomic E-state index is -1.72. The summed E-state index contributed by atoms with van der Waals surface area (Å²) in [7, 11) is 0. The summed E-state index contributed by atoms with van der Waals surface area (Å²) < 4.78 is 5.26. The van der Waals surface area contributed by atoms with Crippen LogP contribution in [0.25, 0.3) is 0 Å². The SMILES string of the molecule is CCCCCCC(=O)CCCCCC/C=C\[C@H]1O[C@@H]1[C@](N)(CO)C(=O)O. The molecule has 0 aliphatic carbocycles. The fourth-order valence-electron chi connectivity index (χ4n) is 3.01.